The van der Waals surface area contributed by atoms with E-state index < -0.39 is 0 Å². The SMILES string of the molecule is CNCc1cnc(Oc2cccc(Cl)c2Cl)c(Cl)c1. The zero-order valence-electron chi connectivity index (χ0n) is 10.1. The first-order chi connectivity index (χ1) is 9.11. The maximum Gasteiger partial charge on any atom is 0.238 e. The van der Waals surface area contributed by atoms with E-state index in [0.717, 1.165) is 5.56 Å². The third kappa shape index (κ3) is 3.51. The van der Waals surface area contributed by atoms with Gasteiger partial charge in [0.1, 0.15) is 15.8 Å². The Bertz CT molecular complexity index is 590. The molecule has 0 unspecified atom stereocenters. The van der Waals surface area contributed by atoms with Gasteiger partial charge in [0.25, 0.3) is 0 Å². The van der Waals surface area contributed by atoms with E-state index in [1.165, 1.54) is 0 Å². The highest BCUT2D eigenvalue weighted by Gasteiger charge is 2.10. The average Bonchev–Trinajstić information content (AvgIpc) is 2.38. The highest BCUT2D eigenvalue weighted by Crippen LogP contribution is 2.36. The van der Waals surface area contributed by atoms with Crippen molar-refractivity contribution in [3.63, 3.8) is 0 Å². The zero-order chi connectivity index (χ0) is 13.8. The summed E-state index contributed by atoms with van der Waals surface area (Å²) in [5.41, 5.74) is 0.969. The van der Waals surface area contributed by atoms with Crippen molar-refractivity contribution in [2.24, 2.45) is 0 Å². The summed E-state index contributed by atoms with van der Waals surface area (Å²) in [7, 11) is 1.85. The summed E-state index contributed by atoms with van der Waals surface area (Å²) >= 11 is 18.1. The molecule has 3 nitrogen and oxygen atoms in total. The number of aromatic nitrogens is 1. The van der Waals surface area contributed by atoms with Gasteiger partial charge in [0.05, 0.1) is 5.02 Å². The Morgan fingerprint density at radius 2 is 2.00 bits per heavy atom. The van der Waals surface area contributed by atoms with Crippen molar-refractivity contribution in [3.05, 3.63) is 51.1 Å². The molecule has 2 rings (SSSR count). The van der Waals surface area contributed by atoms with Crippen LogP contribution < -0.4 is 10.1 Å². The van der Waals surface area contributed by atoms with E-state index in [-0.39, 0.29) is 0 Å². The van der Waals surface area contributed by atoms with E-state index in [9.17, 15) is 0 Å². The smallest absolute Gasteiger partial charge is 0.238 e. The molecule has 0 amide bonds. The van der Waals surface area contributed by atoms with E-state index in [0.29, 0.717) is 33.2 Å². The predicted molar refractivity (Wildman–Crippen MR) is 78.5 cm³/mol. The molecule has 1 N–H and O–H groups in total. The molecule has 1 aromatic carbocycles. The lowest BCUT2D eigenvalue weighted by Crippen LogP contribution is -2.05. The Morgan fingerprint density at radius 1 is 1.21 bits per heavy atom. The number of hydrogen-bond acceptors (Lipinski definition) is 3. The topological polar surface area (TPSA) is 34.2 Å². The molecule has 0 atom stereocenters. The number of benzene rings is 1. The van der Waals surface area contributed by atoms with E-state index in [2.05, 4.69) is 10.3 Å². The highest BCUT2D eigenvalue weighted by atomic mass is 35.5. The van der Waals surface area contributed by atoms with Gasteiger partial charge >= 0.3 is 0 Å². The summed E-state index contributed by atoms with van der Waals surface area (Å²) in [6.45, 7) is 0.685. The van der Waals surface area contributed by atoms with E-state index in [4.69, 9.17) is 39.5 Å². The van der Waals surface area contributed by atoms with Gasteiger partial charge in [0.15, 0.2) is 0 Å². The lowest BCUT2D eigenvalue weighted by molar-refractivity contribution is 0.463. The molecule has 0 radical (unpaired) electrons. The fourth-order valence-corrected chi connectivity index (χ4v) is 2.07. The second kappa shape index (κ2) is 6.44. The predicted octanol–water partition coefficient (Wildman–Crippen LogP) is 4.55. The molecule has 19 heavy (non-hydrogen) atoms. The summed E-state index contributed by atoms with van der Waals surface area (Å²) in [5, 5.41) is 4.19. The highest BCUT2D eigenvalue weighted by molar-refractivity contribution is 6.43. The van der Waals surface area contributed by atoms with Crippen LogP contribution in [0.4, 0.5) is 0 Å². The standard InChI is InChI=1S/C13H11Cl3N2O/c1-17-6-8-5-10(15)13(18-7-8)19-11-4-2-3-9(14)12(11)16/h2-5,7,17H,6H2,1H3. The summed E-state index contributed by atoms with van der Waals surface area (Å²) in [6.07, 6.45) is 1.69. The Balaban J connectivity index is 2.26. The van der Waals surface area contributed by atoms with Crippen molar-refractivity contribution < 1.29 is 4.74 Å². The normalized spacial score (nSPS) is 10.5. The molecule has 0 aliphatic heterocycles. The van der Waals surface area contributed by atoms with Gasteiger partial charge in [0.2, 0.25) is 5.88 Å². The Hall–Kier alpha value is -1.000. The number of halogens is 3. The quantitative estimate of drug-likeness (QED) is 0.898. The fraction of sp³-hybridized carbons (Fsp3) is 0.154. The molecule has 0 saturated carbocycles. The molecule has 2 aromatic rings. The van der Waals surface area contributed by atoms with E-state index >= 15 is 0 Å². The van der Waals surface area contributed by atoms with Crippen molar-refractivity contribution in [2.75, 3.05) is 7.05 Å². The minimum atomic E-state index is 0.297. The summed E-state index contributed by atoms with van der Waals surface area (Å²) < 4.78 is 5.57. The number of rotatable bonds is 4. The van der Waals surface area contributed by atoms with Gasteiger partial charge < -0.3 is 10.1 Å². The minimum Gasteiger partial charge on any atom is -0.436 e. The molecule has 1 heterocycles. The molecule has 1 aromatic heterocycles. The van der Waals surface area contributed by atoms with Crippen LogP contribution >= 0.6 is 34.8 Å². The van der Waals surface area contributed by atoms with Gasteiger partial charge in [-0.05, 0) is 30.8 Å². The van der Waals surface area contributed by atoms with Crippen LogP contribution in [0.25, 0.3) is 0 Å². The first-order valence-corrected chi connectivity index (χ1v) is 6.66. The zero-order valence-corrected chi connectivity index (χ0v) is 12.4. The van der Waals surface area contributed by atoms with Crippen LogP contribution in [0.5, 0.6) is 11.6 Å². The summed E-state index contributed by atoms with van der Waals surface area (Å²) in [4.78, 5) is 4.17. The van der Waals surface area contributed by atoms with Crippen LogP contribution in [0.15, 0.2) is 30.5 Å². The number of nitrogens with zero attached hydrogens (tertiary/aromatic N) is 1. The average molecular weight is 318 g/mol. The van der Waals surface area contributed by atoms with Crippen LogP contribution in [0.2, 0.25) is 15.1 Å². The van der Waals surface area contributed by atoms with E-state index in [1.807, 2.05) is 7.05 Å². The second-order valence-corrected chi connectivity index (χ2v) is 5.01. The van der Waals surface area contributed by atoms with Gasteiger partial charge in [-0.3, -0.25) is 0 Å². The van der Waals surface area contributed by atoms with Crippen LogP contribution in [-0.2, 0) is 6.54 Å². The van der Waals surface area contributed by atoms with Crippen molar-refractivity contribution in [2.45, 2.75) is 6.54 Å². The van der Waals surface area contributed by atoms with Gasteiger partial charge in [-0.1, -0.05) is 40.9 Å². The molecular formula is C13H11Cl3N2O. The van der Waals surface area contributed by atoms with Crippen LogP contribution in [0.1, 0.15) is 5.56 Å². The van der Waals surface area contributed by atoms with Crippen molar-refractivity contribution in [1.82, 2.24) is 10.3 Å². The van der Waals surface area contributed by atoms with Crippen molar-refractivity contribution >= 4 is 34.8 Å². The largest absolute Gasteiger partial charge is 0.436 e. The summed E-state index contributed by atoms with van der Waals surface area (Å²) in [6, 6.07) is 6.92. The molecule has 100 valence electrons. The van der Waals surface area contributed by atoms with Crippen molar-refractivity contribution in [1.29, 1.82) is 0 Å². The second-order valence-electron chi connectivity index (χ2n) is 3.81. The summed E-state index contributed by atoms with van der Waals surface area (Å²) in [5.74, 6) is 0.718. The van der Waals surface area contributed by atoms with Crippen molar-refractivity contribution in [3.8, 4) is 11.6 Å². The fourth-order valence-electron chi connectivity index (χ4n) is 1.51. The molecule has 0 spiro atoms. The number of nitrogens with one attached hydrogen (secondary N) is 1. The van der Waals surface area contributed by atoms with E-state index in [1.54, 1.807) is 30.5 Å². The molecule has 0 aliphatic carbocycles. The monoisotopic (exact) mass is 316 g/mol. The lowest BCUT2D eigenvalue weighted by Gasteiger charge is -2.09. The Labute approximate surface area is 126 Å². The number of hydrogen-bond donors (Lipinski definition) is 1. The van der Waals surface area contributed by atoms with Gasteiger partial charge in [-0.2, -0.15) is 0 Å². The van der Waals surface area contributed by atoms with Gasteiger partial charge in [0, 0.05) is 12.7 Å². The Kier molecular flexibility index (Phi) is 4.88. The number of pyridine rings is 1. The molecule has 6 heteroatoms. The molecule has 0 aliphatic rings. The first kappa shape index (κ1) is 14.4. The molecule has 0 saturated heterocycles. The molecule has 0 bridgehead atoms. The van der Waals surface area contributed by atoms with Crippen LogP contribution in [0.3, 0.4) is 0 Å². The maximum atomic E-state index is 6.12. The Morgan fingerprint density at radius 3 is 2.68 bits per heavy atom. The lowest BCUT2D eigenvalue weighted by atomic mass is 10.3. The minimum absolute atomic E-state index is 0.297. The van der Waals surface area contributed by atoms with Gasteiger partial charge in [-0.25, -0.2) is 4.98 Å². The van der Waals surface area contributed by atoms with Crippen LogP contribution in [0, 0.1) is 0 Å². The molecule has 0 fully saturated rings. The number of ether oxygens (including phenoxy) is 1. The third-order valence-corrected chi connectivity index (χ3v) is 3.44. The molecular weight excluding hydrogens is 307 g/mol. The maximum absolute atomic E-state index is 6.12. The van der Waals surface area contributed by atoms with Crippen LogP contribution in [-0.4, -0.2) is 12.0 Å². The van der Waals surface area contributed by atoms with Gasteiger partial charge in [-0.15, -0.1) is 0 Å². The third-order valence-electron chi connectivity index (χ3n) is 2.37. The first-order valence-electron chi connectivity index (χ1n) is 5.52.